The highest BCUT2D eigenvalue weighted by atomic mass is 35.5. The standard InChI is InChI=1S/C15H20ClFO/c1-14(2,3)9-10-15(4,13(16)18)11-5-7-12(17)8-6-11/h5-8H,9-10H2,1-4H3. The minimum absolute atomic E-state index is 0.133. The van der Waals surface area contributed by atoms with Crippen molar-refractivity contribution in [3.8, 4) is 0 Å². The highest BCUT2D eigenvalue weighted by molar-refractivity contribution is 6.65. The summed E-state index contributed by atoms with van der Waals surface area (Å²) < 4.78 is 12.9. The quantitative estimate of drug-likeness (QED) is 0.727. The lowest BCUT2D eigenvalue weighted by Gasteiger charge is -2.29. The Labute approximate surface area is 113 Å². The maximum absolute atomic E-state index is 12.9. The molecule has 1 atom stereocenters. The van der Waals surface area contributed by atoms with Crippen molar-refractivity contribution in [3.63, 3.8) is 0 Å². The monoisotopic (exact) mass is 270 g/mol. The van der Waals surface area contributed by atoms with Crippen molar-refractivity contribution in [3.05, 3.63) is 35.6 Å². The zero-order valence-electron chi connectivity index (χ0n) is 11.4. The molecule has 0 bridgehead atoms. The van der Waals surface area contributed by atoms with E-state index in [2.05, 4.69) is 20.8 Å². The zero-order valence-corrected chi connectivity index (χ0v) is 12.1. The number of hydrogen-bond donors (Lipinski definition) is 0. The van der Waals surface area contributed by atoms with Crippen molar-refractivity contribution in [2.45, 2.75) is 46.0 Å². The fourth-order valence-corrected chi connectivity index (χ4v) is 2.00. The molecule has 0 aliphatic heterocycles. The molecule has 1 aromatic carbocycles. The Morgan fingerprint density at radius 3 is 2.00 bits per heavy atom. The maximum Gasteiger partial charge on any atom is 0.231 e. The van der Waals surface area contributed by atoms with E-state index in [1.165, 1.54) is 12.1 Å². The lowest BCUT2D eigenvalue weighted by atomic mass is 9.75. The van der Waals surface area contributed by atoms with Crippen molar-refractivity contribution < 1.29 is 9.18 Å². The van der Waals surface area contributed by atoms with Crippen LogP contribution in [0, 0.1) is 11.2 Å². The van der Waals surface area contributed by atoms with Crippen molar-refractivity contribution in [2.24, 2.45) is 5.41 Å². The van der Waals surface area contributed by atoms with Crippen LogP contribution in [0.1, 0.15) is 46.1 Å². The van der Waals surface area contributed by atoms with Crippen LogP contribution in [-0.4, -0.2) is 5.24 Å². The maximum atomic E-state index is 12.9. The van der Waals surface area contributed by atoms with Crippen molar-refractivity contribution in [2.75, 3.05) is 0 Å². The Hall–Kier alpha value is -0.890. The van der Waals surface area contributed by atoms with Gasteiger partial charge in [-0.25, -0.2) is 4.39 Å². The molecule has 0 spiro atoms. The summed E-state index contributed by atoms with van der Waals surface area (Å²) in [5.74, 6) is -0.307. The molecule has 0 amide bonds. The summed E-state index contributed by atoms with van der Waals surface area (Å²) >= 11 is 5.76. The predicted molar refractivity (Wildman–Crippen MR) is 73.3 cm³/mol. The summed E-state index contributed by atoms with van der Waals surface area (Å²) in [5.41, 5.74) is 0.157. The van der Waals surface area contributed by atoms with E-state index in [-0.39, 0.29) is 11.2 Å². The Morgan fingerprint density at radius 2 is 1.61 bits per heavy atom. The molecular formula is C15H20ClFO. The van der Waals surface area contributed by atoms with Crippen molar-refractivity contribution >= 4 is 16.8 Å². The molecule has 1 nitrogen and oxygen atoms in total. The summed E-state index contributed by atoms with van der Waals surface area (Å²) in [6, 6.07) is 6.01. The van der Waals surface area contributed by atoms with Gasteiger partial charge < -0.3 is 0 Å². The summed E-state index contributed by atoms with van der Waals surface area (Å²) in [4.78, 5) is 11.7. The number of halogens is 2. The van der Waals surface area contributed by atoms with Crippen LogP contribution in [0.3, 0.4) is 0 Å². The van der Waals surface area contributed by atoms with Gasteiger partial charge in [-0.2, -0.15) is 0 Å². The van der Waals surface area contributed by atoms with Gasteiger partial charge in [0.05, 0.1) is 5.41 Å². The average Bonchev–Trinajstić information content (AvgIpc) is 2.25. The summed E-state index contributed by atoms with van der Waals surface area (Å²) in [7, 11) is 0. The zero-order chi connectivity index (χ0) is 14.0. The topological polar surface area (TPSA) is 17.1 Å². The smallest absolute Gasteiger partial charge is 0.231 e. The second kappa shape index (κ2) is 5.40. The van der Waals surface area contributed by atoms with Gasteiger partial charge >= 0.3 is 0 Å². The lowest BCUT2D eigenvalue weighted by Crippen LogP contribution is -2.30. The Bertz CT molecular complexity index is 419. The van der Waals surface area contributed by atoms with Crippen LogP contribution in [0.2, 0.25) is 0 Å². The third kappa shape index (κ3) is 3.81. The summed E-state index contributed by atoms with van der Waals surface area (Å²) in [5, 5.41) is -0.390. The van der Waals surface area contributed by atoms with Crippen LogP contribution in [-0.2, 0) is 10.2 Å². The molecule has 100 valence electrons. The molecule has 0 N–H and O–H groups in total. The van der Waals surface area contributed by atoms with E-state index in [4.69, 9.17) is 11.6 Å². The molecule has 0 heterocycles. The summed E-state index contributed by atoms with van der Waals surface area (Å²) in [6.07, 6.45) is 1.53. The number of rotatable bonds is 4. The van der Waals surface area contributed by atoms with Gasteiger partial charge in [-0.1, -0.05) is 32.9 Å². The van der Waals surface area contributed by atoms with Crippen molar-refractivity contribution in [1.29, 1.82) is 0 Å². The molecule has 0 aliphatic carbocycles. The van der Waals surface area contributed by atoms with Gasteiger partial charge in [-0.3, -0.25) is 4.79 Å². The van der Waals surface area contributed by atoms with Crippen LogP contribution in [0.15, 0.2) is 24.3 Å². The first-order chi connectivity index (χ1) is 8.15. The number of benzene rings is 1. The van der Waals surface area contributed by atoms with E-state index in [0.717, 1.165) is 12.0 Å². The first-order valence-electron chi connectivity index (χ1n) is 6.11. The summed E-state index contributed by atoms with van der Waals surface area (Å²) in [6.45, 7) is 8.19. The van der Waals surface area contributed by atoms with Gasteiger partial charge in [0.2, 0.25) is 5.24 Å². The molecule has 0 fully saturated rings. The fraction of sp³-hybridized carbons (Fsp3) is 0.533. The third-order valence-corrected chi connectivity index (χ3v) is 3.71. The van der Waals surface area contributed by atoms with Crippen LogP contribution in [0.25, 0.3) is 0 Å². The van der Waals surface area contributed by atoms with E-state index < -0.39 is 10.7 Å². The number of carbonyl (C=O) groups excluding carboxylic acids is 1. The molecule has 0 aromatic heterocycles. The van der Waals surface area contributed by atoms with Gasteiger partial charge in [0, 0.05) is 0 Å². The molecule has 1 aromatic rings. The molecule has 0 saturated heterocycles. The first kappa shape index (κ1) is 15.2. The molecule has 1 unspecified atom stereocenters. The largest absolute Gasteiger partial charge is 0.280 e. The molecule has 0 saturated carbocycles. The number of hydrogen-bond acceptors (Lipinski definition) is 1. The second-order valence-electron chi connectivity index (χ2n) is 6.17. The highest BCUT2D eigenvalue weighted by Crippen LogP contribution is 2.35. The highest BCUT2D eigenvalue weighted by Gasteiger charge is 2.34. The van der Waals surface area contributed by atoms with Crippen LogP contribution in [0.4, 0.5) is 4.39 Å². The minimum atomic E-state index is -0.747. The SMILES string of the molecule is CC(C)(C)CCC(C)(C(=O)Cl)c1ccc(F)cc1. The number of carbonyl (C=O) groups is 1. The normalized spacial score (nSPS) is 15.2. The molecular weight excluding hydrogens is 251 g/mol. The van der Waals surface area contributed by atoms with Gasteiger partial charge in [0.1, 0.15) is 5.82 Å². The molecule has 0 aliphatic rings. The Balaban J connectivity index is 3.00. The van der Waals surface area contributed by atoms with Crippen LogP contribution in [0.5, 0.6) is 0 Å². The van der Waals surface area contributed by atoms with Gasteiger partial charge in [0.15, 0.2) is 0 Å². The van der Waals surface area contributed by atoms with Crippen LogP contribution >= 0.6 is 11.6 Å². The molecule has 0 radical (unpaired) electrons. The minimum Gasteiger partial charge on any atom is -0.280 e. The van der Waals surface area contributed by atoms with E-state index >= 15 is 0 Å². The lowest BCUT2D eigenvalue weighted by molar-refractivity contribution is -0.116. The predicted octanol–water partition coefficient (Wildman–Crippen LogP) is 4.68. The third-order valence-electron chi connectivity index (χ3n) is 3.29. The fourth-order valence-electron chi connectivity index (χ4n) is 1.80. The first-order valence-corrected chi connectivity index (χ1v) is 6.49. The molecule has 3 heteroatoms. The van der Waals surface area contributed by atoms with Crippen LogP contribution < -0.4 is 0 Å². The average molecular weight is 271 g/mol. The van der Waals surface area contributed by atoms with Gasteiger partial charge in [-0.05, 0) is 54.5 Å². The molecule has 18 heavy (non-hydrogen) atoms. The second-order valence-corrected chi connectivity index (χ2v) is 6.52. The van der Waals surface area contributed by atoms with E-state index in [1.54, 1.807) is 12.1 Å². The van der Waals surface area contributed by atoms with E-state index in [0.29, 0.717) is 6.42 Å². The van der Waals surface area contributed by atoms with E-state index in [1.807, 2.05) is 6.92 Å². The van der Waals surface area contributed by atoms with E-state index in [9.17, 15) is 9.18 Å². The Morgan fingerprint density at radius 1 is 1.11 bits per heavy atom. The van der Waals surface area contributed by atoms with Gasteiger partial charge in [-0.15, -0.1) is 0 Å². The van der Waals surface area contributed by atoms with Gasteiger partial charge in [0.25, 0.3) is 0 Å². The van der Waals surface area contributed by atoms with Crippen molar-refractivity contribution in [1.82, 2.24) is 0 Å². The Kier molecular flexibility index (Phi) is 4.55. The molecule has 1 rings (SSSR count).